The van der Waals surface area contributed by atoms with Crippen LogP contribution < -0.4 is 9.47 Å². The van der Waals surface area contributed by atoms with E-state index in [1.807, 2.05) is 18.4 Å². The standard InChI is InChI=1S/C13H18O3S/c1-15-10-4-5-11(16-2)12(17-3)9(10)8-13(14)6-7-13/h4-5,14H,6-8H2,1-3H3. The van der Waals surface area contributed by atoms with E-state index in [4.69, 9.17) is 9.47 Å². The predicted molar refractivity (Wildman–Crippen MR) is 69.2 cm³/mol. The largest absolute Gasteiger partial charge is 0.496 e. The van der Waals surface area contributed by atoms with Crippen LogP contribution in [-0.2, 0) is 6.42 Å². The molecule has 0 spiro atoms. The molecule has 0 saturated heterocycles. The molecule has 3 nitrogen and oxygen atoms in total. The van der Waals surface area contributed by atoms with Gasteiger partial charge in [-0.15, -0.1) is 11.8 Å². The van der Waals surface area contributed by atoms with Gasteiger partial charge in [-0.1, -0.05) is 0 Å². The molecule has 1 aromatic carbocycles. The minimum atomic E-state index is -0.524. The molecule has 1 N–H and O–H groups in total. The zero-order chi connectivity index (χ0) is 12.5. The van der Waals surface area contributed by atoms with Gasteiger partial charge >= 0.3 is 0 Å². The lowest BCUT2D eigenvalue weighted by atomic mass is 10.0. The van der Waals surface area contributed by atoms with Crippen molar-refractivity contribution < 1.29 is 14.6 Å². The van der Waals surface area contributed by atoms with Gasteiger partial charge in [-0.25, -0.2) is 0 Å². The van der Waals surface area contributed by atoms with Crippen LogP contribution in [-0.4, -0.2) is 31.2 Å². The van der Waals surface area contributed by atoms with Gasteiger partial charge in [0, 0.05) is 12.0 Å². The molecular formula is C13H18O3S. The van der Waals surface area contributed by atoms with Gasteiger partial charge < -0.3 is 14.6 Å². The van der Waals surface area contributed by atoms with Crippen molar-refractivity contribution in [2.24, 2.45) is 0 Å². The smallest absolute Gasteiger partial charge is 0.132 e. The number of ether oxygens (including phenoxy) is 2. The second-order valence-electron chi connectivity index (χ2n) is 4.38. The summed E-state index contributed by atoms with van der Waals surface area (Å²) in [5.41, 5.74) is 0.531. The number of benzene rings is 1. The van der Waals surface area contributed by atoms with Crippen molar-refractivity contribution in [1.82, 2.24) is 0 Å². The zero-order valence-corrected chi connectivity index (χ0v) is 11.3. The average molecular weight is 254 g/mol. The van der Waals surface area contributed by atoms with Crippen LogP contribution in [0.2, 0.25) is 0 Å². The summed E-state index contributed by atoms with van der Waals surface area (Å²) in [5, 5.41) is 10.1. The molecule has 0 radical (unpaired) electrons. The van der Waals surface area contributed by atoms with Gasteiger partial charge in [0.15, 0.2) is 0 Å². The first-order valence-electron chi connectivity index (χ1n) is 5.64. The maximum atomic E-state index is 10.1. The Hall–Kier alpha value is -0.870. The molecule has 4 heteroatoms. The molecule has 0 heterocycles. The lowest BCUT2D eigenvalue weighted by Gasteiger charge is -2.17. The van der Waals surface area contributed by atoms with Crippen molar-refractivity contribution in [1.29, 1.82) is 0 Å². The summed E-state index contributed by atoms with van der Waals surface area (Å²) in [6, 6.07) is 3.81. The Morgan fingerprint density at radius 3 is 2.29 bits per heavy atom. The van der Waals surface area contributed by atoms with E-state index >= 15 is 0 Å². The van der Waals surface area contributed by atoms with Gasteiger partial charge in [-0.05, 0) is 31.2 Å². The fraction of sp³-hybridized carbons (Fsp3) is 0.538. The summed E-state index contributed by atoms with van der Waals surface area (Å²) in [6.45, 7) is 0. The van der Waals surface area contributed by atoms with E-state index in [-0.39, 0.29) is 0 Å². The third-order valence-electron chi connectivity index (χ3n) is 3.16. The second kappa shape index (κ2) is 4.78. The Kier molecular flexibility index (Phi) is 3.54. The van der Waals surface area contributed by atoms with Gasteiger partial charge in [-0.3, -0.25) is 0 Å². The first-order chi connectivity index (χ1) is 8.13. The van der Waals surface area contributed by atoms with Crippen LogP contribution in [0.1, 0.15) is 18.4 Å². The number of hydrogen-bond donors (Lipinski definition) is 1. The third-order valence-corrected chi connectivity index (χ3v) is 4.01. The first kappa shape index (κ1) is 12.6. The summed E-state index contributed by atoms with van der Waals surface area (Å²) < 4.78 is 10.7. The van der Waals surface area contributed by atoms with Crippen molar-refractivity contribution >= 4 is 11.8 Å². The van der Waals surface area contributed by atoms with E-state index < -0.39 is 5.60 Å². The average Bonchev–Trinajstić information content (AvgIpc) is 3.06. The van der Waals surface area contributed by atoms with Gasteiger partial charge in [0.1, 0.15) is 11.5 Å². The van der Waals surface area contributed by atoms with Crippen LogP contribution in [0.15, 0.2) is 17.0 Å². The molecule has 0 aliphatic heterocycles. The molecule has 0 atom stereocenters. The van der Waals surface area contributed by atoms with Crippen molar-refractivity contribution in [3.05, 3.63) is 17.7 Å². The quantitative estimate of drug-likeness (QED) is 0.819. The van der Waals surface area contributed by atoms with E-state index in [1.54, 1.807) is 26.0 Å². The summed E-state index contributed by atoms with van der Waals surface area (Å²) in [7, 11) is 3.32. The molecule has 0 unspecified atom stereocenters. The molecule has 94 valence electrons. The maximum Gasteiger partial charge on any atom is 0.132 e. The van der Waals surface area contributed by atoms with Crippen molar-refractivity contribution in [2.45, 2.75) is 29.8 Å². The highest BCUT2D eigenvalue weighted by molar-refractivity contribution is 7.98. The van der Waals surface area contributed by atoms with E-state index in [0.29, 0.717) is 6.42 Å². The van der Waals surface area contributed by atoms with Crippen LogP contribution in [0, 0.1) is 0 Å². The zero-order valence-electron chi connectivity index (χ0n) is 10.4. The first-order valence-corrected chi connectivity index (χ1v) is 6.86. The monoisotopic (exact) mass is 254 g/mol. The third kappa shape index (κ3) is 2.53. The Bertz CT molecular complexity index is 413. The molecule has 0 bridgehead atoms. The van der Waals surface area contributed by atoms with Crippen LogP contribution >= 0.6 is 11.8 Å². The summed E-state index contributed by atoms with van der Waals surface area (Å²) in [4.78, 5) is 1.06. The van der Waals surface area contributed by atoms with Crippen molar-refractivity contribution in [3.8, 4) is 11.5 Å². The minimum absolute atomic E-state index is 0.524. The van der Waals surface area contributed by atoms with E-state index in [1.165, 1.54) is 0 Å². The molecule has 1 aliphatic rings. The summed E-state index contributed by atoms with van der Waals surface area (Å²) >= 11 is 1.63. The Morgan fingerprint density at radius 1 is 1.24 bits per heavy atom. The SMILES string of the molecule is COc1ccc(OC)c(SC)c1CC1(O)CC1. The normalized spacial score (nSPS) is 16.7. The summed E-state index contributed by atoms with van der Waals surface area (Å²) in [6.07, 6.45) is 4.41. The number of thioether (sulfide) groups is 1. The number of rotatable bonds is 5. The fourth-order valence-corrected chi connectivity index (χ4v) is 2.75. The Labute approximate surface area is 106 Å². The Balaban J connectivity index is 2.42. The molecule has 0 aromatic heterocycles. The van der Waals surface area contributed by atoms with E-state index in [9.17, 15) is 5.11 Å². The molecule has 1 aromatic rings. The highest BCUT2D eigenvalue weighted by atomic mass is 32.2. The second-order valence-corrected chi connectivity index (χ2v) is 5.20. The van der Waals surface area contributed by atoms with Crippen LogP contribution in [0.5, 0.6) is 11.5 Å². The minimum Gasteiger partial charge on any atom is -0.496 e. The summed E-state index contributed by atoms with van der Waals surface area (Å²) in [5.74, 6) is 1.67. The number of aliphatic hydroxyl groups is 1. The van der Waals surface area contributed by atoms with E-state index in [2.05, 4.69) is 0 Å². The molecule has 17 heavy (non-hydrogen) atoms. The van der Waals surface area contributed by atoms with Crippen molar-refractivity contribution in [2.75, 3.05) is 20.5 Å². The van der Waals surface area contributed by atoms with Crippen LogP contribution in [0.4, 0.5) is 0 Å². The predicted octanol–water partition coefficient (Wildman–Crippen LogP) is 2.49. The highest BCUT2D eigenvalue weighted by Crippen LogP contribution is 2.45. The lowest BCUT2D eigenvalue weighted by Crippen LogP contribution is -2.13. The van der Waals surface area contributed by atoms with E-state index in [0.717, 1.165) is 34.8 Å². The van der Waals surface area contributed by atoms with Gasteiger partial charge in [-0.2, -0.15) is 0 Å². The van der Waals surface area contributed by atoms with Crippen molar-refractivity contribution in [3.63, 3.8) is 0 Å². The molecule has 1 aliphatic carbocycles. The number of methoxy groups -OCH3 is 2. The fourth-order valence-electron chi connectivity index (χ4n) is 1.98. The van der Waals surface area contributed by atoms with Crippen LogP contribution in [0.25, 0.3) is 0 Å². The topological polar surface area (TPSA) is 38.7 Å². The Morgan fingerprint density at radius 2 is 1.82 bits per heavy atom. The highest BCUT2D eigenvalue weighted by Gasteiger charge is 2.41. The van der Waals surface area contributed by atoms with Crippen LogP contribution in [0.3, 0.4) is 0 Å². The maximum absolute atomic E-state index is 10.1. The molecule has 1 saturated carbocycles. The molecule has 0 amide bonds. The van der Waals surface area contributed by atoms with Gasteiger partial charge in [0.2, 0.25) is 0 Å². The molecule has 2 rings (SSSR count). The molecular weight excluding hydrogens is 236 g/mol. The molecule has 1 fully saturated rings. The number of hydrogen-bond acceptors (Lipinski definition) is 4. The van der Waals surface area contributed by atoms with Gasteiger partial charge in [0.05, 0.1) is 24.7 Å². The lowest BCUT2D eigenvalue weighted by molar-refractivity contribution is 0.149. The van der Waals surface area contributed by atoms with Gasteiger partial charge in [0.25, 0.3) is 0 Å².